The van der Waals surface area contributed by atoms with Gasteiger partial charge < -0.3 is 46.6 Å². The molecule has 10 nitrogen and oxygen atoms in total. The summed E-state index contributed by atoms with van der Waals surface area (Å²) < 4.78 is 38.0. The summed E-state index contributed by atoms with van der Waals surface area (Å²) in [5.41, 5.74) is 28.2. The van der Waals surface area contributed by atoms with E-state index in [2.05, 4.69) is 356 Å². The molecule has 592 valence electrons. The molecular formula is C114H70BBrN4O6. The summed E-state index contributed by atoms with van der Waals surface area (Å²) in [5, 5.41) is 30.6. The summed E-state index contributed by atoms with van der Waals surface area (Å²) in [6.45, 7) is 0. The predicted molar refractivity (Wildman–Crippen MR) is 514 cm³/mol. The zero-order chi connectivity index (χ0) is 83.2. The summed E-state index contributed by atoms with van der Waals surface area (Å²) in [4.78, 5) is 0. The molecule has 24 aromatic rings. The van der Waals surface area contributed by atoms with Gasteiger partial charge in [-0.2, -0.15) is 0 Å². The van der Waals surface area contributed by atoms with Crippen LogP contribution in [0.2, 0.25) is 0 Å². The molecule has 2 aliphatic carbocycles. The summed E-state index contributed by atoms with van der Waals surface area (Å²) in [5.74, 6) is 4.88. The van der Waals surface area contributed by atoms with Crippen LogP contribution in [0, 0.1) is 0 Å². The van der Waals surface area contributed by atoms with Crippen LogP contribution in [-0.4, -0.2) is 35.4 Å². The largest absolute Gasteiger partial charge is 0.488 e. The second-order valence-electron chi connectivity index (χ2n) is 33.1. The molecule has 2 spiro atoms. The molecule has 8 heterocycles. The van der Waals surface area contributed by atoms with Crippen LogP contribution in [0.1, 0.15) is 44.9 Å². The first-order valence-electron chi connectivity index (χ1n) is 42.6. The highest BCUT2D eigenvalue weighted by Gasteiger charge is 2.57. The lowest BCUT2D eigenvalue weighted by molar-refractivity contribution is 0.389. The normalized spacial score (nSPS) is 14.8. The fourth-order valence-electron chi connectivity index (χ4n) is 21.5. The lowest BCUT2D eigenvalue weighted by Crippen LogP contribution is -2.31. The molecule has 2 N–H and O–H groups in total. The Hall–Kier alpha value is -15.7. The maximum Gasteiger partial charge on any atom is 0.488 e. The van der Waals surface area contributed by atoms with Crippen molar-refractivity contribution in [3.05, 3.63) is 462 Å². The number of furan rings is 2. The number of para-hydroxylation sites is 12. The maximum atomic E-state index is 9.47. The molecule has 12 heteroatoms. The van der Waals surface area contributed by atoms with Crippen LogP contribution >= 0.6 is 15.9 Å². The Morgan fingerprint density at radius 3 is 0.992 bits per heavy atom. The van der Waals surface area contributed by atoms with Crippen molar-refractivity contribution in [2.45, 2.75) is 10.8 Å². The Labute approximate surface area is 731 Å². The Morgan fingerprint density at radius 1 is 0.238 bits per heavy atom. The Morgan fingerprint density at radius 2 is 0.556 bits per heavy atom. The van der Waals surface area contributed by atoms with Gasteiger partial charge in [0.1, 0.15) is 33.5 Å². The van der Waals surface area contributed by atoms with Gasteiger partial charge in [-0.05, 0) is 213 Å². The van der Waals surface area contributed by atoms with Crippen LogP contribution in [0.4, 0.5) is 0 Å². The SMILES string of the molecule is Brc1ccc2c(c1)C1(c3ccccc3Oc3c1oc1ccccc31)c1cc(-n3c4ccccc4c4ccccc43)ccc1-2.OB(O)c1ccc2c3ccccc3n(-c3ccccc3)c2c1.c1ccc(-n2c3ccccc3c3ccc(-c4ccc5c(c4)C4(c6ccccc6Oc6c4oc4ccccc64)c4cc(-n6c7ccccc7c7ccccc76)ccc4-5)cc32)cc1. The molecule has 28 rings (SSSR count). The van der Waals surface area contributed by atoms with E-state index in [1.807, 2.05) is 84.9 Å². The monoisotopic (exact) mass is 1680 g/mol. The van der Waals surface area contributed by atoms with Crippen molar-refractivity contribution in [1.29, 1.82) is 0 Å². The van der Waals surface area contributed by atoms with Crippen molar-refractivity contribution in [2.75, 3.05) is 0 Å². The Balaban J connectivity index is 0.000000112. The average Bonchev–Trinajstić information content (AvgIpc) is 1.51. The van der Waals surface area contributed by atoms with E-state index < -0.39 is 17.9 Å². The van der Waals surface area contributed by atoms with Gasteiger partial charge in [-0.3, -0.25) is 0 Å². The number of rotatable bonds is 6. The maximum absolute atomic E-state index is 9.47. The molecule has 6 aromatic heterocycles. The summed E-state index contributed by atoms with van der Waals surface area (Å²) in [7, 11) is -1.47. The topological polar surface area (TPSA) is 105 Å². The molecule has 126 heavy (non-hydrogen) atoms. The van der Waals surface area contributed by atoms with Gasteiger partial charge in [0.2, 0.25) is 0 Å². The van der Waals surface area contributed by atoms with E-state index in [0.717, 1.165) is 128 Å². The van der Waals surface area contributed by atoms with Crippen molar-refractivity contribution in [1.82, 2.24) is 18.3 Å². The van der Waals surface area contributed by atoms with Gasteiger partial charge >= 0.3 is 7.12 Å². The second kappa shape index (κ2) is 27.7. The fourth-order valence-corrected chi connectivity index (χ4v) is 21.8. The fraction of sp³-hybridized carbons (Fsp3) is 0.0175. The first-order chi connectivity index (χ1) is 62.2. The van der Waals surface area contributed by atoms with E-state index >= 15 is 0 Å². The molecule has 0 fully saturated rings. The number of hydrogen-bond acceptors (Lipinski definition) is 6. The summed E-state index contributed by atoms with van der Waals surface area (Å²) in [6, 6.07) is 146. The van der Waals surface area contributed by atoms with Gasteiger partial charge in [-0.15, -0.1) is 0 Å². The number of aromatic nitrogens is 4. The third-order valence-electron chi connectivity index (χ3n) is 26.7. The average molecular weight is 1680 g/mol. The van der Waals surface area contributed by atoms with E-state index in [4.69, 9.17) is 18.3 Å². The predicted octanol–water partition coefficient (Wildman–Crippen LogP) is 28.0. The number of benzene rings is 18. The number of nitrogens with zero attached hydrogens (tertiary/aromatic N) is 4. The lowest BCUT2D eigenvalue weighted by atomic mass is 9.68. The van der Waals surface area contributed by atoms with E-state index in [1.165, 1.54) is 110 Å². The first kappa shape index (κ1) is 72.0. The van der Waals surface area contributed by atoms with Gasteiger partial charge in [0, 0.05) is 81.4 Å². The smallest absolute Gasteiger partial charge is 0.455 e. The zero-order valence-corrected chi connectivity index (χ0v) is 69.1. The van der Waals surface area contributed by atoms with Gasteiger partial charge in [-0.25, -0.2) is 0 Å². The summed E-state index contributed by atoms with van der Waals surface area (Å²) in [6.07, 6.45) is 0. The number of halogens is 1. The molecular weight excluding hydrogens is 1610 g/mol. The van der Waals surface area contributed by atoms with Crippen molar-refractivity contribution >= 4 is 138 Å². The van der Waals surface area contributed by atoms with Crippen LogP contribution in [0.3, 0.4) is 0 Å². The van der Waals surface area contributed by atoms with Crippen LogP contribution < -0.4 is 14.9 Å². The van der Waals surface area contributed by atoms with Crippen LogP contribution in [0.15, 0.2) is 426 Å². The van der Waals surface area contributed by atoms with E-state index in [9.17, 15) is 10.0 Å². The standard InChI is InChI=1S/C57H34N2O2.C39H22BrNO2.C18H14BNO2/c1-2-14-37(15-3-1)58-49-21-9-6-18-43(49)44-30-27-36(33-52(44)58)35-26-29-39-40-31-28-38(59-50-22-10-4-16-41(50)42-17-5-11-23-51(42)59)34-48(40)57(47(39)32-35)46-20-8-13-25-54(46)60-55-45-19-7-12-24-53(45)61-56(55)57;40-23-17-19-25-26-20-18-24(41-33-13-5-1-9-27(33)28-10-2-6-14-34(28)41)22-32(26)39(31(25)21-23)30-12-4-8-16-36(30)42-37-29-11-3-7-15-35(29)43-38(37)39;21-19(22)13-10-11-16-15-8-4-5-9-17(15)20(18(16)12-13)14-6-2-1-3-7-14/h1-34H;1-22H;1-12,21-22H. The molecule has 0 radical (unpaired) electrons. The molecule has 0 saturated carbocycles. The highest BCUT2D eigenvalue weighted by molar-refractivity contribution is 9.10. The van der Waals surface area contributed by atoms with Crippen LogP contribution in [-0.2, 0) is 10.8 Å². The molecule has 18 aromatic carbocycles. The molecule has 0 amide bonds. The van der Waals surface area contributed by atoms with Crippen molar-refractivity contribution in [3.63, 3.8) is 0 Å². The van der Waals surface area contributed by atoms with E-state index in [-0.39, 0.29) is 0 Å². The van der Waals surface area contributed by atoms with Crippen LogP contribution in [0.25, 0.3) is 165 Å². The lowest BCUT2D eigenvalue weighted by Gasteiger charge is -2.36. The molecule has 2 unspecified atom stereocenters. The number of fused-ring (bicyclic) bond motifs is 34. The summed E-state index contributed by atoms with van der Waals surface area (Å²) >= 11 is 3.81. The minimum absolute atomic E-state index is 0.493. The third-order valence-corrected chi connectivity index (χ3v) is 27.2. The third kappa shape index (κ3) is 10.3. The molecule has 4 aliphatic rings. The van der Waals surface area contributed by atoms with E-state index in [1.54, 1.807) is 6.07 Å². The minimum atomic E-state index is -1.47. The molecule has 2 atom stereocenters. The zero-order valence-electron chi connectivity index (χ0n) is 67.5. The van der Waals surface area contributed by atoms with Gasteiger partial charge in [0.25, 0.3) is 0 Å². The van der Waals surface area contributed by atoms with Crippen molar-refractivity contribution in [2.24, 2.45) is 0 Å². The van der Waals surface area contributed by atoms with Gasteiger partial charge in [-0.1, -0.05) is 277 Å². The van der Waals surface area contributed by atoms with Crippen molar-refractivity contribution in [3.8, 4) is 79.1 Å². The number of hydrogen-bond donors (Lipinski definition) is 2. The van der Waals surface area contributed by atoms with Gasteiger partial charge in [0.15, 0.2) is 23.0 Å². The van der Waals surface area contributed by atoms with Crippen molar-refractivity contribution < 1.29 is 28.4 Å². The first-order valence-corrected chi connectivity index (χ1v) is 43.4. The molecule has 2 aliphatic heterocycles. The highest BCUT2D eigenvalue weighted by atomic mass is 79.9. The quantitative estimate of drug-likeness (QED) is 0.161. The van der Waals surface area contributed by atoms with Gasteiger partial charge in [0.05, 0.1) is 54.9 Å². The highest BCUT2D eigenvalue weighted by Crippen LogP contribution is 2.67. The second-order valence-corrected chi connectivity index (χ2v) is 34.0. The van der Waals surface area contributed by atoms with Crippen LogP contribution in [0.5, 0.6) is 23.0 Å². The van der Waals surface area contributed by atoms with E-state index in [0.29, 0.717) is 5.46 Å². The molecule has 0 bridgehead atoms. The Kier molecular flexibility index (Phi) is 15.8. The number of ether oxygens (including phenoxy) is 2. The Bertz CT molecular complexity index is 8600. The molecule has 0 saturated heterocycles. The minimum Gasteiger partial charge on any atom is -0.455 e.